The van der Waals surface area contributed by atoms with E-state index in [1.807, 2.05) is 11.8 Å². The first kappa shape index (κ1) is 11.3. The van der Waals surface area contributed by atoms with Gasteiger partial charge in [-0.25, -0.2) is 0 Å². The van der Waals surface area contributed by atoms with Crippen molar-refractivity contribution in [2.24, 2.45) is 10.9 Å². The molecule has 2 aliphatic rings. The van der Waals surface area contributed by atoms with Gasteiger partial charge in [0.1, 0.15) is 0 Å². The van der Waals surface area contributed by atoms with E-state index < -0.39 is 0 Å². The van der Waals surface area contributed by atoms with Crippen LogP contribution in [0.5, 0.6) is 0 Å². The lowest BCUT2D eigenvalue weighted by Crippen LogP contribution is -2.26. The molecular weight excluding hydrogens is 208 g/mol. The number of rotatable bonds is 6. The maximum Gasteiger partial charge on any atom is 0.156 e. The fourth-order valence-corrected chi connectivity index (χ4v) is 2.61. The quantitative estimate of drug-likeness (QED) is 0.705. The van der Waals surface area contributed by atoms with Crippen LogP contribution in [0, 0.1) is 5.92 Å². The first-order chi connectivity index (χ1) is 7.38. The van der Waals surface area contributed by atoms with Crippen LogP contribution in [-0.4, -0.2) is 36.7 Å². The third-order valence-corrected chi connectivity index (χ3v) is 3.87. The largest absolute Gasteiger partial charge is 0.379 e. The summed E-state index contributed by atoms with van der Waals surface area (Å²) in [4.78, 5) is 4.48. The lowest BCUT2D eigenvalue weighted by Gasteiger charge is -2.04. The van der Waals surface area contributed by atoms with Crippen LogP contribution in [0.25, 0.3) is 0 Å². The van der Waals surface area contributed by atoms with Crippen LogP contribution < -0.4 is 5.32 Å². The second-order valence-electron chi connectivity index (χ2n) is 4.27. The van der Waals surface area contributed by atoms with Crippen LogP contribution in [0.4, 0.5) is 0 Å². The highest BCUT2D eigenvalue weighted by Gasteiger charge is 2.21. The van der Waals surface area contributed by atoms with Crippen molar-refractivity contribution in [2.75, 3.05) is 25.5 Å². The van der Waals surface area contributed by atoms with Gasteiger partial charge in [-0.1, -0.05) is 18.7 Å². The Hall–Kier alpha value is -0.220. The molecule has 0 bridgehead atoms. The molecule has 1 atom stereocenters. The summed E-state index contributed by atoms with van der Waals surface area (Å²) < 4.78 is 5.53. The molecule has 15 heavy (non-hydrogen) atoms. The minimum Gasteiger partial charge on any atom is -0.379 e. The molecule has 2 rings (SSSR count). The van der Waals surface area contributed by atoms with Gasteiger partial charge in [-0.15, -0.1) is 0 Å². The van der Waals surface area contributed by atoms with Crippen molar-refractivity contribution in [1.82, 2.24) is 5.32 Å². The minimum atomic E-state index is 0.626. The average molecular weight is 228 g/mol. The highest BCUT2D eigenvalue weighted by molar-refractivity contribution is 8.14. The van der Waals surface area contributed by atoms with Gasteiger partial charge in [0.25, 0.3) is 0 Å². The molecule has 0 spiro atoms. The second-order valence-corrected chi connectivity index (χ2v) is 5.27. The normalized spacial score (nSPS) is 28.3. The second kappa shape index (κ2) is 5.75. The van der Waals surface area contributed by atoms with E-state index in [0.717, 1.165) is 36.6 Å². The summed E-state index contributed by atoms with van der Waals surface area (Å²) in [6.07, 6.45) is 3.92. The smallest absolute Gasteiger partial charge is 0.156 e. The molecule has 1 saturated carbocycles. The molecule has 1 N–H and O–H groups in total. The van der Waals surface area contributed by atoms with Crippen molar-refractivity contribution in [3.05, 3.63) is 0 Å². The zero-order valence-corrected chi connectivity index (χ0v) is 10.2. The van der Waals surface area contributed by atoms with Crippen molar-refractivity contribution in [1.29, 1.82) is 0 Å². The van der Waals surface area contributed by atoms with Gasteiger partial charge >= 0.3 is 0 Å². The van der Waals surface area contributed by atoms with E-state index in [4.69, 9.17) is 4.74 Å². The topological polar surface area (TPSA) is 33.6 Å². The van der Waals surface area contributed by atoms with E-state index in [9.17, 15) is 0 Å². The van der Waals surface area contributed by atoms with Crippen LogP contribution in [0.2, 0.25) is 0 Å². The summed E-state index contributed by atoms with van der Waals surface area (Å²) in [6, 6.07) is 0.626. The Morgan fingerprint density at radius 1 is 1.53 bits per heavy atom. The lowest BCUT2D eigenvalue weighted by molar-refractivity contribution is 0.132. The molecule has 2 fully saturated rings. The van der Waals surface area contributed by atoms with Crippen LogP contribution in [0.1, 0.15) is 26.2 Å². The molecule has 1 aliphatic carbocycles. The van der Waals surface area contributed by atoms with Gasteiger partial charge in [0.15, 0.2) is 5.17 Å². The number of thioether (sulfide) groups is 1. The number of ether oxygens (including phenoxy) is 1. The molecule has 0 aromatic heterocycles. The summed E-state index contributed by atoms with van der Waals surface area (Å²) in [6.45, 7) is 4.74. The number of aliphatic imine (C=N–C) groups is 1. The zero-order chi connectivity index (χ0) is 10.5. The average Bonchev–Trinajstić information content (AvgIpc) is 2.96. The molecule has 4 heteroatoms. The molecule has 0 aromatic rings. The van der Waals surface area contributed by atoms with Crippen LogP contribution in [-0.2, 0) is 4.74 Å². The first-order valence-electron chi connectivity index (χ1n) is 5.90. The van der Waals surface area contributed by atoms with Crippen molar-refractivity contribution < 1.29 is 4.74 Å². The van der Waals surface area contributed by atoms with Gasteiger partial charge in [-0.3, -0.25) is 4.99 Å². The van der Waals surface area contributed by atoms with E-state index in [1.165, 1.54) is 19.3 Å². The Balaban J connectivity index is 1.53. The third-order valence-electron chi connectivity index (χ3n) is 2.78. The number of nitrogens with zero attached hydrogens (tertiary/aromatic N) is 1. The fourth-order valence-electron chi connectivity index (χ4n) is 1.49. The van der Waals surface area contributed by atoms with E-state index in [1.54, 1.807) is 0 Å². The third kappa shape index (κ3) is 4.03. The first-order valence-corrected chi connectivity index (χ1v) is 6.88. The zero-order valence-electron chi connectivity index (χ0n) is 9.37. The van der Waals surface area contributed by atoms with E-state index in [2.05, 4.69) is 17.2 Å². The van der Waals surface area contributed by atoms with E-state index >= 15 is 0 Å². The number of nitrogens with one attached hydrogen (secondary N) is 1. The summed E-state index contributed by atoms with van der Waals surface area (Å²) in [5.41, 5.74) is 0. The van der Waals surface area contributed by atoms with Crippen LogP contribution >= 0.6 is 11.8 Å². The molecule has 1 unspecified atom stereocenters. The number of hydrogen-bond acceptors (Lipinski definition) is 3. The van der Waals surface area contributed by atoms with Gasteiger partial charge in [0.2, 0.25) is 0 Å². The Kier molecular flexibility index (Phi) is 4.32. The predicted octanol–water partition coefficient (Wildman–Crippen LogP) is 1.88. The number of amidine groups is 1. The summed E-state index contributed by atoms with van der Waals surface area (Å²) in [5, 5.41) is 4.52. The summed E-state index contributed by atoms with van der Waals surface area (Å²) in [7, 11) is 0. The summed E-state index contributed by atoms with van der Waals surface area (Å²) in [5.74, 6) is 2.03. The predicted molar refractivity (Wildman–Crippen MR) is 65.5 cm³/mol. The standard InChI is InChI=1S/C11H20N2OS/c1-2-10-8-15-11(13-10)12-5-6-14-7-9-3-4-9/h9-10H,2-8H2,1H3,(H,12,13). The summed E-state index contributed by atoms with van der Waals surface area (Å²) >= 11 is 1.84. The molecule has 3 nitrogen and oxygen atoms in total. The van der Waals surface area contributed by atoms with Crippen molar-refractivity contribution >= 4 is 16.9 Å². The van der Waals surface area contributed by atoms with Gasteiger partial charge in [-0.05, 0) is 25.2 Å². The molecule has 1 heterocycles. The molecule has 86 valence electrons. The SMILES string of the molecule is CCC1CSC(=NCCOCC2CC2)N1. The lowest BCUT2D eigenvalue weighted by atomic mass is 10.3. The fraction of sp³-hybridized carbons (Fsp3) is 0.909. The Bertz CT molecular complexity index is 229. The van der Waals surface area contributed by atoms with Crippen molar-refractivity contribution in [3.8, 4) is 0 Å². The number of hydrogen-bond donors (Lipinski definition) is 1. The highest BCUT2D eigenvalue weighted by atomic mass is 32.2. The van der Waals surface area contributed by atoms with Gasteiger partial charge in [-0.2, -0.15) is 0 Å². The van der Waals surface area contributed by atoms with Crippen LogP contribution in [0.15, 0.2) is 4.99 Å². The van der Waals surface area contributed by atoms with Gasteiger partial charge in [0.05, 0.1) is 13.2 Å². The molecule has 0 amide bonds. The monoisotopic (exact) mass is 228 g/mol. The van der Waals surface area contributed by atoms with Gasteiger partial charge < -0.3 is 10.1 Å². The molecule has 0 aromatic carbocycles. The molecule has 0 radical (unpaired) electrons. The Labute approximate surface area is 96.1 Å². The maximum atomic E-state index is 5.53. The van der Waals surface area contributed by atoms with E-state index in [-0.39, 0.29) is 0 Å². The van der Waals surface area contributed by atoms with Crippen LogP contribution in [0.3, 0.4) is 0 Å². The Morgan fingerprint density at radius 2 is 2.40 bits per heavy atom. The minimum absolute atomic E-state index is 0.626. The Morgan fingerprint density at radius 3 is 3.07 bits per heavy atom. The molecular formula is C11H20N2OS. The van der Waals surface area contributed by atoms with Crippen molar-refractivity contribution in [2.45, 2.75) is 32.2 Å². The van der Waals surface area contributed by atoms with E-state index in [0.29, 0.717) is 6.04 Å². The molecule has 1 saturated heterocycles. The highest BCUT2D eigenvalue weighted by Crippen LogP contribution is 2.28. The maximum absolute atomic E-state index is 5.53. The molecule has 1 aliphatic heterocycles. The van der Waals surface area contributed by atoms with Crippen molar-refractivity contribution in [3.63, 3.8) is 0 Å². The van der Waals surface area contributed by atoms with Gasteiger partial charge in [0, 0.05) is 18.4 Å².